The average molecular weight is 366 g/mol. The molecule has 1 N–H and O–H groups in total. The third-order valence-corrected chi connectivity index (χ3v) is 3.86. The summed E-state index contributed by atoms with van der Waals surface area (Å²) in [5.41, 5.74) is -1.27. The van der Waals surface area contributed by atoms with Crippen molar-refractivity contribution < 1.29 is 18.0 Å². The van der Waals surface area contributed by atoms with Gasteiger partial charge in [0.1, 0.15) is 0 Å². The van der Waals surface area contributed by atoms with Gasteiger partial charge >= 0.3 is 6.18 Å². The summed E-state index contributed by atoms with van der Waals surface area (Å²) in [4.78, 5) is 12.1. The predicted octanol–water partition coefficient (Wildman–Crippen LogP) is 5.02. The van der Waals surface area contributed by atoms with Crippen LogP contribution in [0, 0.1) is 5.92 Å². The Balaban J connectivity index is 2.93. The van der Waals surface area contributed by atoms with Crippen molar-refractivity contribution in [2.75, 3.05) is 0 Å². The maximum atomic E-state index is 13.0. The third-order valence-electron chi connectivity index (χ3n) is 3.36. The number of carbonyl (C=O) groups excluding carboxylic acids is 1. The van der Waals surface area contributed by atoms with Gasteiger partial charge in [-0.05, 0) is 37.5 Å². The zero-order valence-corrected chi connectivity index (χ0v) is 13.8. The molecule has 0 fully saturated rings. The van der Waals surface area contributed by atoms with Crippen LogP contribution in [0.3, 0.4) is 0 Å². The van der Waals surface area contributed by atoms with E-state index in [0.717, 1.165) is 18.9 Å². The molecule has 0 saturated carbocycles. The molecule has 0 aliphatic carbocycles. The number of hydrogen-bond acceptors (Lipinski definition) is 1. The molecule has 2 nitrogen and oxygen atoms in total. The second kappa shape index (κ2) is 7.29. The third kappa shape index (κ3) is 5.34. The smallest absolute Gasteiger partial charge is 0.350 e. The van der Waals surface area contributed by atoms with E-state index in [9.17, 15) is 18.0 Å². The summed E-state index contributed by atoms with van der Waals surface area (Å²) in [5.74, 6) is -0.280. The van der Waals surface area contributed by atoms with E-state index in [1.165, 1.54) is 12.1 Å². The van der Waals surface area contributed by atoms with Gasteiger partial charge in [0.2, 0.25) is 0 Å². The number of rotatable bonds is 5. The lowest BCUT2D eigenvalue weighted by molar-refractivity contribution is -0.138. The summed E-state index contributed by atoms with van der Waals surface area (Å²) in [6.07, 6.45) is -2.86. The maximum Gasteiger partial charge on any atom is 0.417 e. The molecule has 118 valence electrons. The Bertz CT molecular complexity index is 502. The Morgan fingerprint density at radius 3 is 2.48 bits per heavy atom. The quantitative estimate of drug-likeness (QED) is 0.779. The standard InChI is InChI=1S/C15H19BrF3NO/c1-4-9(2)7-10(3)20-14(21)12-6-5-11(16)8-13(12)15(17,18)19/h5-6,8-10H,4,7H2,1-3H3,(H,20,21). The van der Waals surface area contributed by atoms with Gasteiger partial charge in [0.15, 0.2) is 0 Å². The Kier molecular flexibility index (Phi) is 6.25. The van der Waals surface area contributed by atoms with E-state index in [-0.39, 0.29) is 11.6 Å². The van der Waals surface area contributed by atoms with E-state index in [0.29, 0.717) is 10.4 Å². The average Bonchev–Trinajstić information content (AvgIpc) is 2.36. The Labute approximate surface area is 131 Å². The van der Waals surface area contributed by atoms with Crippen LogP contribution in [-0.2, 0) is 6.18 Å². The van der Waals surface area contributed by atoms with Crippen LogP contribution in [0.1, 0.15) is 49.5 Å². The molecule has 0 spiro atoms. The lowest BCUT2D eigenvalue weighted by Crippen LogP contribution is -2.35. The van der Waals surface area contributed by atoms with Gasteiger partial charge in [-0.3, -0.25) is 4.79 Å². The fourth-order valence-electron chi connectivity index (χ4n) is 2.08. The van der Waals surface area contributed by atoms with E-state index >= 15 is 0 Å². The minimum absolute atomic E-state index is 0.169. The fourth-order valence-corrected chi connectivity index (χ4v) is 2.44. The van der Waals surface area contributed by atoms with Gasteiger partial charge in [-0.25, -0.2) is 0 Å². The van der Waals surface area contributed by atoms with Crippen LogP contribution in [0.25, 0.3) is 0 Å². The molecule has 1 amide bonds. The summed E-state index contributed by atoms with van der Waals surface area (Å²) in [6.45, 7) is 5.88. The summed E-state index contributed by atoms with van der Waals surface area (Å²) in [7, 11) is 0. The van der Waals surface area contributed by atoms with Gasteiger partial charge in [-0.1, -0.05) is 36.2 Å². The number of carbonyl (C=O) groups is 1. The van der Waals surface area contributed by atoms with Crippen molar-refractivity contribution in [3.8, 4) is 0 Å². The Morgan fingerprint density at radius 1 is 1.33 bits per heavy atom. The SMILES string of the molecule is CCC(C)CC(C)NC(=O)c1ccc(Br)cc1C(F)(F)F. The van der Waals surface area contributed by atoms with Crippen molar-refractivity contribution in [1.29, 1.82) is 0 Å². The van der Waals surface area contributed by atoms with Gasteiger partial charge in [0.05, 0.1) is 11.1 Å². The van der Waals surface area contributed by atoms with Crippen LogP contribution < -0.4 is 5.32 Å². The molecule has 6 heteroatoms. The molecule has 1 aromatic rings. The topological polar surface area (TPSA) is 29.1 Å². The van der Waals surface area contributed by atoms with Crippen LogP contribution in [0.2, 0.25) is 0 Å². The molecule has 1 rings (SSSR count). The molecule has 2 unspecified atom stereocenters. The lowest BCUT2D eigenvalue weighted by atomic mass is 9.99. The van der Waals surface area contributed by atoms with Crippen LogP contribution >= 0.6 is 15.9 Å². The number of benzene rings is 1. The molecule has 0 radical (unpaired) electrons. The lowest BCUT2D eigenvalue weighted by Gasteiger charge is -2.19. The first-order valence-electron chi connectivity index (χ1n) is 6.82. The largest absolute Gasteiger partial charge is 0.417 e. The molecule has 1 aromatic carbocycles. The molecule has 0 aromatic heterocycles. The van der Waals surface area contributed by atoms with E-state index in [4.69, 9.17) is 0 Å². The highest BCUT2D eigenvalue weighted by Gasteiger charge is 2.35. The van der Waals surface area contributed by atoms with E-state index in [2.05, 4.69) is 21.2 Å². The van der Waals surface area contributed by atoms with Gasteiger partial charge in [-0.15, -0.1) is 0 Å². The normalized spacial score (nSPS) is 14.6. The minimum Gasteiger partial charge on any atom is -0.350 e. The first-order valence-corrected chi connectivity index (χ1v) is 7.62. The van der Waals surface area contributed by atoms with Gasteiger partial charge < -0.3 is 5.32 Å². The van der Waals surface area contributed by atoms with Crippen LogP contribution in [0.4, 0.5) is 13.2 Å². The highest BCUT2D eigenvalue weighted by atomic mass is 79.9. The van der Waals surface area contributed by atoms with Crippen molar-refractivity contribution >= 4 is 21.8 Å². The van der Waals surface area contributed by atoms with Crippen molar-refractivity contribution in [3.63, 3.8) is 0 Å². The summed E-state index contributed by atoms with van der Waals surface area (Å²) >= 11 is 3.00. The van der Waals surface area contributed by atoms with Crippen LogP contribution in [0.5, 0.6) is 0 Å². The highest BCUT2D eigenvalue weighted by Crippen LogP contribution is 2.33. The Hall–Kier alpha value is -1.04. The van der Waals surface area contributed by atoms with Crippen LogP contribution in [0.15, 0.2) is 22.7 Å². The summed E-state index contributed by atoms with van der Waals surface area (Å²) in [5, 5.41) is 2.64. The second-order valence-electron chi connectivity index (χ2n) is 5.31. The fraction of sp³-hybridized carbons (Fsp3) is 0.533. The first-order chi connectivity index (χ1) is 9.65. The molecular weight excluding hydrogens is 347 g/mol. The molecule has 21 heavy (non-hydrogen) atoms. The van der Waals surface area contributed by atoms with Gasteiger partial charge in [0.25, 0.3) is 5.91 Å². The highest BCUT2D eigenvalue weighted by molar-refractivity contribution is 9.10. The number of amides is 1. The monoisotopic (exact) mass is 365 g/mol. The Morgan fingerprint density at radius 2 is 1.95 bits per heavy atom. The van der Waals surface area contributed by atoms with Gasteiger partial charge in [0, 0.05) is 10.5 Å². The van der Waals surface area contributed by atoms with Crippen molar-refractivity contribution in [2.45, 2.75) is 45.8 Å². The number of hydrogen-bond donors (Lipinski definition) is 1. The molecule has 0 aliphatic heterocycles. The van der Waals surface area contributed by atoms with E-state index in [1.54, 1.807) is 6.92 Å². The molecule has 0 bridgehead atoms. The molecule has 0 aliphatic rings. The second-order valence-corrected chi connectivity index (χ2v) is 6.23. The maximum absolute atomic E-state index is 13.0. The summed E-state index contributed by atoms with van der Waals surface area (Å²) in [6, 6.07) is 3.38. The summed E-state index contributed by atoms with van der Waals surface area (Å²) < 4.78 is 39.3. The van der Waals surface area contributed by atoms with E-state index < -0.39 is 17.6 Å². The number of nitrogens with one attached hydrogen (secondary N) is 1. The number of alkyl halides is 3. The zero-order chi connectivity index (χ0) is 16.2. The predicted molar refractivity (Wildman–Crippen MR) is 80.1 cm³/mol. The van der Waals surface area contributed by atoms with E-state index in [1.807, 2.05) is 13.8 Å². The van der Waals surface area contributed by atoms with Crippen molar-refractivity contribution in [1.82, 2.24) is 5.32 Å². The zero-order valence-electron chi connectivity index (χ0n) is 12.2. The number of halogens is 4. The molecule has 0 saturated heterocycles. The molecular formula is C15H19BrF3NO. The van der Waals surface area contributed by atoms with Crippen molar-refractivity contribution in [3.05, 3.63) is 33.8 Å². The van der Waals surface area contributed by atoms with Crippen molar-refractivity contribution in [2.24, 2.45) is 5.92 Å². The minimum atomic E-state index is -4.56. The molecule has 2 atom stereocenters. The van der Waals surface area contributed by atoms with Crippen LogP contribution in [-0.4, -0.2) is 11.9 Å². The van der Waals surface area contributed by atoms with Gasteiger partial charge in [-0.2, -0.15) is 13.2 Å². The first kappa shape index (κ1) is 18.0. The molecule has 0 heterocycles.